The van der Waals surface area contributed by atoms with Crippen molar-refractivity contribution in [3.8, 4) is 0 Å². The normalized spacial score (nSPS) is 22.9. The number of likely N-dealkylation sites (tertiary alicyclic amines) is 1. The number of cyclic esters (lactones) is 1. The lowest BCUT2D eigenvalue weighted by molar-refractivity contribution is -0.137. The van der Waals surface area contributed by atoms with Crippen LogP contribution in [0.4, 0.5) is 0 Å². The predicted octanol–water partition coefficient (Wildman–Crippen LogP) is 5.73. The average Bonchev–Trinajstić information content (AvgIpc) is 2.81. The number of hydrogen-bond donors (Lipinski definition) is 0. The maximum Gasteiger partial charge on any atom is 0.339 e. The molecule has 0 saturated carbocycles. The Morgan fingerprint density at radius 2 is 1.88 bits per heavy atom. The van der Waals surface area contributed by atoms with Gasteiger partial charge in [-0.25, -0.2) is 4.79 Å². The first-order chi connectivity index (χ1) is 16.4. The molecule has 1 saturated heterocycles. The van der Waals surface area contributed by atoms with Gasteiger partial charge in [-0.3, -0.25) is 4.79 Å². The minimum absolute atomic E-state index is 0.0539. The molecule has 7 heteroatoms. The summed E-state index contributed by atoms with van der Waals surface area (Å²) in [5, 5.41) is 4.80. The van der Waals surface area contributed by atoms with Crippen molar-refractivity contribution in [3.63, 3.8) is 0 Å². The Morgan fingerprint density at radius 1 is 1.15 bits per heavy atom. The summed E-state index contributed by atoms with van der Waals surface area (Å²) >= 11 is 6.69. The number of benzene rings is 1. The van der Waals surface area contributed by atoms with Crippen LogP contribution in [-0.2, 0) is 20.8 Å². The molecule has 2 aliphatic heterocycles. The van der Waals surface area contributed by atoms with E-state index in [2.05, 4.69) is 11.2 Å². The summed E-state index contributed by atoms with van der Waals surface area (Å²) in [5.74, 6) is -0.446. The summed E-state index contributed by atoms with van der Waals surface area (Å²) in [7, 11) is 0. The molecule has 1 fully saturated rings. The second kappa shape index (κ2) is 12.7. The number of piperidine rings is 1. The number of oxime groups is 1. The van der Waals surface area contributed by atoms with Crippen molar-refractivity contribution < 1.29 is 19.2 Å². The van der Waals surface area contributed by atoms with Crippen molar-refractivity contribution in [2.45, 2.75) is 71.8 Å². The number of halogens is 1. The third kappa shape index (κ3) is 7.20. The van der Waals surface area contributed by atoms with Crippen LogP contribution in [0.2, 0.25) is 5.02 Å². The smallest absolute Gasteiger partial charge is 0.339 e. The summed E-state index contributed by atoms with van der Waals surface area (Å²) in [5.41, 5.74) is 3.42. The molecule has 0 unspecified atom stereocenters. The quantitative estimate of drug-likeness (QED) is 0.311. The molecule has 0 aromatic heterocycles. The molecule has 1 atom stereocenters. The van der Waals surface area contributed by atoms with E-state index in [4.69, 9.17) is 21.2 Å². The van der Waals surface area contributed by atoms with Crippen LogP contribution in [0, 0.1) is 13.8 Å². The van der Waals surface area contributed by atoms with E-state index in [-0.39, 0.29) is 18.6 Å². The van der Waals surface area contributed by atoms with Gasteiger partial charge in [-0.1, -0.05) is 41.1 Å². The van der Waals surface area contributed by atoms with Gasteiger partial charge in [0.15, 0.2) is 6.61 Å². The van der Waals surface area contributed by atoms with Crippen LogP contribution >= 0.6 is 11.6 Å². The first kappa shape index (κ1) is 26.0. The van der Waals surface area contributed by atoms with Crippen LogP contribution < -0.4 is 0 Å². The number of ether oxygens (including phenoxy) is 1. The van der Waals surface area contributed by atoms with Crippen molar-refractivity contribution in [1.29, 1.82) is 0 Å². The highest BCUT2D eigenvalue weighted by molar-refractivity contribution is 6.33. The third-order valence-electron chi connectivity index (χ3n) is 6.13. The number of esters is 1. The Morgan fingerprint density at radius 3 is 2.65 bits per heavy atom. The second-order valence-electron chi connectivity index (χ2n) is 9.05. The van der Waals surface area contributed by atoms with E-state index in [1.807, 2.05) is 50.0 Å². The van der Waals surface area contributed by atoms with E-state index < -0.39 is 5.97 Å². The third-order valence-corrected chi connectivity index (χ3v) is 6.66. The lowest BCUT2D eigenvalue weighted by Gasteiger charge is -2.26. The molecule has 1 amide bonds. The van der Waals surface area contributed by atoms with Gasteiger partial charge in [0.2, 0.25) is 0 Å². The zero-order chi connectivity index (χ0) is 24.5. The standard InChI is InChI=1S/C27H35ClN2O4/c1-19-16-20(2)26(28)23-17-22(29-33-18-24(31)30-14-10-7-11-15-30)13-9-6-4-5-8-12-21(3)34-27(32)25(19)23/h5,8-9,13,16,21H,4,6-7,10-12,14-15,17-18H2,1-3H3/b8-5+,13-9+,29-22+/t21-/m1/s1. The molecule has 34 heavy (non-hydrogen) atoms. The lowest BCUT2D eigenvalue weighted by atomic mass is 9.94. The molecule has 2 heterocycles. The molecular formula is C27H35ClN2O4. The number of carbonyl (C=O) groups is 2. The molecule has 0 bridgehead atoms. The number of hydrogen-bond acceptors (Lipinski definition) is 5. The van der Waals surface area contributed by atoms with Crippen LogP contribution in [0.3, 0.4) is 0 Å². The monoisotopic (exact) mass is 486 g/mol. The highest BCUT2D eigenvalue weighted by atomic mass is 35.5. The molecule has 184 valence electrons. The zero-order valence-electron chi connectivity index (χ0n) is 20.4. The number of nitrogens with zero attached hydrogens (tertiary/aromatic N) is 2. The zero-order valence-corrected chi connectivity index (χ0v) is 21.2. The van der Waals surface area contributed by atoms with Crippen LogP contribution in [0.15, 0.2) is 35.5 Å². The maximum absolute atomic E-state index is 13.1. The second-order valence-corrected chi connectivity index (χ2v) is 9.43. The molecule has 0 spiro atoms. The summed E-state index contributed by atoms with van der Waals surface area (Å²) in [6.07, 6.45) is 13.7. The molecule has 0 radical (unpaired) electrons. The maximum atomic E-state index is 13.1. The van der Waals surface area contributed by atoms with E-state index in [1.165, 1.54) is 0 Å². The van der Waals surface area contributed by atoms with Crippen molar-refractivity contribution in [3.05, 3.63) is 57.6 Å². The summed E-state index contributed by atoms with van der Waals surface area (Å²) in [6.45, 7) is 7.13. The number of amides is 1. The van der Waals surface area contributed by atoms with Gasteiger partial charge in [-0.05, 0) is 75.6 Å². The predicted molar refractivity (Wildman–Crippen MR) is 135 cm³/mol. The fourth-order valence-corrected chi connectivity index (χ4v) is 4.53. The van der Waals surface area contributed by atoms with Gasteiger partial charge in [0.05, 0.1) is 11.3 Å². The number of allylic oxidation sites excluding steroid dienone is 3. The molecule has 1 aromatic rings. The number of carbonyl (C=O) groups excluding carboxylic acids is 2. The molecule has 6 nitrogen and oxygen atoms in total. The fraction of sp³-hybridized carbons (Fsp3) is 0.519. The van der Waals surface area contributed by atoms with Crippen molar-refractivity contribution in [2.75, 3.05) is 19.7 Å². The summed E-state index contributed by atoms with van der Waals surface area (Å²) in [6, 6.07) is 1.90. The first-order valence-electron chi connectivity index (χ1n) is 12.1. The van der Waals surface area contributed by atoms with Crippen LogP contribution in [0.25, 0.3) is 0 Å². The number of fused-ring (bicyclic) bond motifs is 1. The molecule has 0 N–H and O–H groups in total. The number of rotatable bonds is 3. The largest absolute Gasteiger partial charge is 0.459 e. The van der Waals surface area contributed by atoms with Gasteiger partial charge < -0.3 is 14.5 Å². The molecular weight excluding hydrogens is 452 g/mol. The molecule has 1 aromatic carbocycles. The minimum atomic E-state index is -0.392. The highest BCUT2D eigenvalue weighted by Crippen LogP contribution is 2.29. The topological polar surface area (TPSA) is 68.2 Å². The van der Waals surface area contributed by atoms with Gasteiger partial charge in [0.1, 0.15) is 6.10 Å². The van der Waals surface area contributed by atoms with E-state index in [0.29, 0.717) is 34.7 Å². The molecule has 3 rings (SSSR count). The van der Waals surface area contributed by atoms with Gasteiger partial charge in [-0.2, -0.15) is 0 Å². The van der Waals surface area contributed by atoms with E-state index in [9.17, 15) is 9.59 Å². The van der Waals surface area contributed by atoms with E-state index in [0.717, 1.165) is 56.3 Å². The van der Waals surface area contributed by atoms with Crippen molar-refractivity contribution in [2.24, 2.45) is 5.16 Å². The Bertz CT molecular complexity index is 977. The molecule has 0 aliphatic carbocycles. The Labute approximate surface area is 207 Å². The van der Waals surface area contributed by atoms with Gasteiger partial charge in [0, 0.05) is 31.0 Å². The highest BCUT2D eigenvalue weighted by Gasteiger charge is 2.23. The first-order valence-corrected chi connectivity index (χ1v) is 12.5. The average molecular weight is 487 g/mol. The van der Waals surface area contributed by atoms with Crippen molar-refractivity contribution >= 4 is 29.2 Å². The Balaban J connectivity index is 1.88. The Kier molecular flexibility index (Phi) is 9.75. The summed E-state index contributed by atoms with van der Waals surface area (Å²) < 4.78 is 5.72. The van der Waals surface area contributed by atoms with E-state index in [1.54, 1.807) is 0 Å². The number of aryl methyl sites for hydroxylation is 2. The van der Waals surface area contributed by atoms with Crippen LogP contribution in [-0.4, -0.2) is 48.3 Å². The SMILES string of the molecule is Cc1cc(C)c2c(c1Cl)CC(=N/OCC(=O)N1CCCCC1)/C=C/CC/C=C/C[C@@H](C)OC2=O. The fourth-order valence-electron chi connectivity index (χ4n) is 4.31. The van der Waals surface area contributed by atoms with Gasteiger partial charge in [0.25, 0.3) is 5.91 Å². The molecule has 2 aliphatic rings. The van der Waals surface area contributed by atoms with E-state index >= 15 is 0 Å². The lowest BCUT2D eigenvalue weighted by Crippen LogP contribution is -2.37. The van der Waals surface area contributed by atoms with Gasteiger partial charge in [-0.15, -0.1) is 0 Å². The van der Waals surface area contributed by atoms with Gasteiger partial charge >= 0.3 is 5.97 Å². The van der Waals surface area contributed by atoms with Crippen LogP contribution in [0.5, 0.6) is 0 Å². The Hall–Kier alpha value is -2.60. The minimum Gasteiger partial charge on any atom is -0.459 e. The van der Waals surface area contributed by atoms with Crippen molar-refractivity contribution in [1.82, 2.24) is 4.90 Å². The van der Waals surface area contributed by atoms with Crippen LogP contribution in [0.1, 0.15) is 72.5 Å². The summed E-state index contributed by atoms with van der Waals surface area (Å²) in [4.78, 5) is 32.9.